The molecule has 1 aliphatic heterocycles. The number of rotatable bonds is 6. The third-order valence-electron chi connectivity index (χ3n) is 4.23. The summed E-state index contributed by atoms with van der Waals surface area (Å²) in [5.74, 6) is 0.804. The average Bonchev–Trinajstić information content (AvgIpc) is 2.85. The lowest BCUT2D eigenvalue weighted by atomic mass is 10.1. The number of hydrogen-bond donors (Lipinski definition) is 2. The maximum absolute atomic E-state index is 4.18. The standard InChI is InChI=1S/C19H30N4/c1-3-12-21-19(20-2)22-15-17-8-10-18(11-9-17)16-23-13-6-4-5-7-14-23/h3,8-11H,1,4-7,12-16H2,2H3,(H2,20,21,22). The molecule has 2 N–H and O–H groups in total. The molecular formula is C19H30N4. The van der Waals surface area contributed by atoms with Gasteiger partial charge in [0.15, 0.2) is 5.96 Å². The van der Waals surface area contributed by atoms with Crippen molar-refractivity contribution in [2.45, 2.75) is 38.8 Å². The van der Waals surface area contributed by atoms with Gasteiger partial charge in [-0.15, -0.1) is 6.58 Å². The fourth-order valence-corrected chi connectivity index (χ4v) is 2.89. The summed E-state index contributed by atoms with van der Waals surface area (Å²) in [5, 5.41) is 6.49. The van der Waals surface area contributed by atoms with Crippen LogP contribution in [0, 0.1) is 0 Å². The van der Waals surface area contributed by atoms with Crippen molar-refractivity contribution < 1.29 is 0 Å². The summed E-state index contributed by atoms with van der Waals surface area (Å²) in [6.45, 7) is 8.76. The van der Waals surface area contributed by atoms with Crippen LogP contribution in [0.15, 0.2) is 41.9 Å². The second-order valence-corrected chi connectivity index (χ2v) is 6.10. The highest BCUT2D eigenvalue weighted by Crippen LogP contribution is 2.13. The molecule has 2 rings (SSSR count). The van der Waals surface area contributed by atoms with Crippen molar-refractivity contribution >= 4 is 5.96 Å². The van der Waals surface area contributed by atoms with E-state index in [9.17, 15) is 0 Å². The summed E-state index contributed by atoms with van der Waals surface area (Å²) in [6, 6.07) is 8.92. The molecule has 0 amide bonds. The van der Waals surface area contributed by atoms with Gasteiger partial charge in [0.25, 0.3) is 0 Å². The van der Waals surface area contributed by atoms with E-state index in [1.54, 1.807) is 7.05 Å². The Balaban J connectivity index is 1.80. The maximum Gasteiger partial charge on any atom is 0.191 e. The van der Waals surface area contributed by atoms with Crippen LogP contribution >= 0.6 is 0 Å². The van der Waals surface area contributed by atoms with Gasteiger partial charge in [-0.25, -0.2) is 0 Å². The molecule has 1 aliphatic rings. The number of hydrogen-bond acceptors (Lipinski definition) is 2. The number of aliphatic imine (C=N–C) groups is 1. The van der Waals surface area contributed by atoms with Crippen molar-refractivity contribution in [1.82, 2.24) is 15.5 Å². The zero-order chi connectivity index (χ0) is 16.3. The van der Waals surface area contributed by atoms with Crippen LogP contribution < -0.4 is 10.6 Å². The van der Waals surface area contributed by atoms with Crippen LogP contribution in [-0.2, 0) is 13.1 Å². The molecule has 4 nitrogen and oxygen atoms in total. The number of nitrogens with one attached hydrogen (secondary N) is 2. The molecule has 1 aromatic carbocycles. The summed E-state index contributed by atoms with van der Waals surface area (Å²) in [4.78, 5) is 6.77. The first-order chi connectivity index (χ1) is 11.3. The molecule has 1 fully saturated rings. The molecule has 4 heteroatoms. The topological polar surface area (TPSA) is 39.7 Å². The van der Waals surface area contributed by atoms with E-state index >= 15 is 0 Å². The van der Waals surface area contributed by atoms with Crippen molar-refractivity contribution in [3.05, 3.63) is 48.0 Å². The highest BCUT2D eigenvalue weighted by atomic mass is 15.2. The van der Waals surface area contributed by atoms with Crippen molar-refractivity contribution in [3.63, 3.8) is 0 Å². The Hall–Kier alpha value is -1.81. The number of guanidine groups is 1. The van der Waals surface area contributed by atoms with Crippen LogP contribution in [0.25, 0.3) is 0 Å². The van der Waals surface area contributed by atoms with Gasteiger partial charge in [0.1, 0.15) is 0 Å². The van der Waals surface area contributed by atoms with Gasteiger partial charge in [0, 0.05) is 26.7 Å². The normalized spacial score (nSPS) is 16.7. The van der Waals surface area contributed by atoms with Crippen LogP contribution in [-0.4, -0.2) is 37.5 Å². The van der Waals surface area contributed by atoms with E-state index < -0.39 is 0 Å². The van der Waals surface area contributed by atoms with Crippen LogP contribution in [0.5, 0.6) is 0 Å². The minimum absolute atomic E-state index is 0.717. The molecule has 1 saturated heterocycles. The fraction of sp³-hybridized carbons (Fsp3) is 0.526. The molecule has 0 aliphatic carbocycles. The highest BCUT2D eigenvalue weighted by molar-refractivity contribution is 5.79. The quantitative estimate of drug-likeness (QED) is 0.482. The Morgan fingerprint density at radius 2 is 1.74 bits per heavy atom. The van der Waals surface area contributed by atoms with Crippen molar-refractivity contribution in [1.29, 1.82) is 0 Å². The third-order valence-corrected chi connectivity index (χ3v) is 4.23. The smallest absolute Gasteiger partial charge is 0.191 e. The largest absolute Gasteiger partial charge is 0.353 e. The predicted molar refractivity (Wildman–Crippen MR) is 98.6 cm³/mol. The summed E-state index contributed by atoms with van der Waals surface area (Å²) in [5.41, 5.74) is 2.68. The Morgan fingerprint density at radius 3 is 2.35 bits per heavy atom. The van der Waals surface area contributed by atoms with E-state index in [4.69, 9.17) is 0 Å². The fourth-order valence-electron chi connectivity index (χ4n) is 2.89. The lowest BCUT2D eigenvalue weighted by Crippen LogP contribution is -2.36. The van der Waals surface area contributed by atoms with E-state index in [0.717, 1.165) is 19.0 Å². The van der Waals surface area contributed by atoms with E-state index in [-0.39, 0.29) is 0 Å². The summed E-state index contributed by atoms with van der Waals surface area (Å²) < 4.78 is 0. The third kappa shape index (κ3) is 6.45. The van der Waals surface area contributed by atoms with Crippen LogP contribution in [0.1, 0.15) is 36.8 Å². The van der Waals surface area contributed by atoms with E-state index in [1.807, 2.05) is 6.08 Å². The lowest BCUT2D eigenvalue weighted by molar-refractivity contribution is 0.277. The van der Waals surface area contributed by atoms with Crippen LogP contribution in [0.3, 0.4) is 0 Å². The second kappa shape index (κ2) is 10.1. The Kier molecular flexibility index (Phi) is 7.67. The maximum atomic E-state index is 4.18. The van der Waals surface area contributed by atoms with Gasteiger partial charge in [-0.2, -0.15) is 0 Å². The summed E-state index contributed by atoms with van der Waals surface area (Å²) >= 11 is 0. The van der Waals surface area contributed by atoms with Gasteiger partial charge < -0.3 is 10.6 Å². The van der Waals surface area contributed by atoms with Gasteiger partial charge in [-0.3, -0.25) is 9.89 Å². The first kappa shape index (κ1) is 17.5. The first-order valence-electron chi connectivity index (χ1n) is 8.67. The molecule has 0 atom stereocenters. The highest BCUT2D eigenvalue weighted by Gasteiger charge is 2.09. The molecule has 0 radical (unpaired) electrons. The molecule has 0 unspecified atom stereocenters. The number of nitrogens with zero attached hydrogens (tertiary/aromatic N) is 2. The molecule has 1 aromatic rings. The molecule has 0 spiro atoms. The monoisotopic (exact) mass is 314 g/mol. The minimum atomic E-state index is 0.717. The van der Waals surface area contributed by atoms with Gasteiger partial charge in [0.2, 0.25) is 0 Å². The molecule has 1 heterocycles. The SMILES string of the molecule is C=CCNC(=NC)NCc1ccc(CN2CCCCCC2)cc1. The number of benzene rings is 1. The second-order valence-electron chi connectivity index (χ2n) is 6.10. The molecule has 23 heavy (non-hydrogen) atoms. The predicted octanol–water partition coefficient (Wildman–Crippen LogP) is 2.91. The van der Waals surface area contributed by atoms with Gasteiger partial charge in [0.05, 0.1) is 0 Å². The minimum Gasteiger partial charge on any atom is -0.353 e. The van der Waals surface area contributed by atoms with Crippen LogP contribution in [0.4, 0.5) is 0 Å². The van der Waals surface area contributed by atoms with E-state index in [0.29, 0.717) is 6.54 Å². The lowest BCUT2D eigenvalue weighted by Gasteiger charge is -2.20. The number of likely N-dealkylation sites (tertiary alicyclic amines) is 1. The summed E-state index contributed by atoms with van der Waals surface area (Å²) in [6.07, 6.45) is 7.30. The van der Waals surface area contributed by atoms with Gasteiger partial charge in [-0.05, 0) is 37.1 Å². The van der Waals surface area contributed by atoms with Gasteiger partial charge in [-0.1, -0.05) is 43.2 Å². The molecule has 0 bridgehead atoms. The Morgan fingerprint density at radius 1 is 1.09 bits per heavy atom. The first-order valence-corrected chi connectivity index (χ1v) is 8.67. The average molecular weight is 314 g/mol. The van der Waals surface area contributed by atoms with Crippen molar-refractivity contribution in [3.8, 4) is 0 Å². The Labute approximate surface area is 140 Å². The zero-order valence-electron chi connectivity index (χ0n) is 14.4. The molecular weight excluding hydrogens is 284 g/mol. The molecule has 0 aromatic heterocycles. The van der Waals surface area contributed by atoms with Crippen LogP contribution in [0.2, 0.25) is 0 Å². The van der Waals surface area contributed by atoms with Gasteiger partial charge >= 0.3 is 0 Å². The van der Waals surface area contributed by atoms with E-state index in [2.05, 4.69) is 51.4 Å². The summed E-state index contributed by atoms with van der Waals surface area (Å²) in [7, 11) is 1.78. The van der Waals surface area contributed by atoms with Crippen molar-refractivity contribution in [2.24, 2.45) is 4.99 Å². The zero-order valence-corrected chi connectivity index (χ0v) is 14.4. The molecule has 0 saturated carbocycles. The van der Waals surface area contributed by atoms with Crippen molar-refractivity contribution in [2.75, 3.05) is 26.7 Å². The molecule has 126 valence electrons. The van der Waals surface area contributed by atoms with E-state index in [1.165, 1.54) is 49.9 Å². The Bertz CT molecular complexity index is 485.